The molecule has 0 aliphatic rings. The number of anilines is 1. The number of fused-ring (bicyclic) bond motifs is 1. The number of aromatic nitrogens is 3. The van der Waals surface area contributed by atoms with Crippen LogP contribution in [-0.2, 0) is 16.6 Å². The summed E-state index contributed by atoms with van der Waals surface area (Å²) in [6.45, 7) is -4.35. The van der Waals surface area contributed by atoms with Crippen molar-refractivity contribution in [2.24, 2.45) is 0 Å². The van der Waals surface area contributed by atoms with E-state index in [4.69, 9.17) is 4.74 Å². The van der Waals surface area contributed by atoms with Gasteiger partial charge in [-0.3, -0.25) is 9.52 Å². The normalized spacial score (nSPS) is 11.8. The highest BCUT2D eigenvalue weighted by atomic mass is 32.2. The highest BCUT2D eigenvalue weighted by molar-refractivity contribution is 7.93. The summed E-state index contributed by atoms with van der Waals surface area (Å²) in [5.74, 6) is -2.96. The van der Waals surface area contributed by atoms with Crippen molar-refractivity contribution in [3.63, 3.8) is 0 Å². The van der Waals surface area contributed by atoms with E-state index in [1.807, 2.05) is 4.72 Å². The zero-order chi connectivity index (χ0) is 22.1. The lowest BCUT2D eigenvalue weighted by atomic mass is 10.3. The number of H-pyrrole nitrogens is 1. The first-order valence-electron chi connectivity index (χ1n) is 8.16. The van der Waals surface area contributed by atoms with Gasteiger partial charge in [0.25, 0.3) is 21.5 Å². The first-order valence-corrected chi connectivity index (χ1v) is 9.65. The minimum Gasteiger partial charge on any atom is -0.479 e. The number of nitrogens with zero attached hydrogens (tertiary/aromatic N) is 2. The van der Waals surface area contributed by atoms with Crippen molar-refractivity contribution in [1.82, 2.24) is 14.5 Å². The molecule has 0 bridgehead atoms. The number of ether oxygens (including phenoxy) is 2. The maximum Gasteiger partial charge on any atom is 0.388 e. The Bertz CT molecular complexity index is 1240. The molecule has 0 saturated carbocycles. The summed E-state index contributed by atoms with van der Waals surface area (Å²) in [7, 11) is -3.34. The Labute approximate surface area is 166 Å². The van der Waals surface area contributed by atoms with Gasteiger partial charge in [0.05, 0.1) is 13.7 Å². The molecule has 9 nitrogen and oxygen atoms in total. The number of aromatic amines is 1. The van der Waals surface area contributed by atoms with Gasteiger partial charge in [-0.05, 0) is 6.07 Å². The summed E-state index contributed by atoms with van der Waals surface area (Å²) in [5, 5.41) is 0.00709. The Hall–Kier alpha value is -3.29. The van der Waals surface area contributed by atoms with Crippen molar-refractivity contribution in [2.75, 3.05) is 18.5 Å². The first-order chi connectivity index (χ1) is 14.2. The first kappa shape index (κ1) is 21.4. The lowest BCUT2D eigenvalue weighted by Crippen LogP contribution is -2.20. The Balaban J connectivity index is 2.02. The van der Waals surface area contributed by atoms with E-state index in [2.05, 4.69) is 14.7 Å². The Morgan fingerprint density at radius 3 is 2.70 bits per heavy atom. The van der Waals surface area contributed by atoms with Crippen molar-refractivity contribution in [2.45, 2.75) is 18.1 Å². The zero-order valence-corrected chi connectivity index (χ0v) is 16.0. The van der Waals surface area contributed by atoms with Gasteiger partial charge in [-0.25, -0.2) is 17.2 Å². The number of sulfonamides is 1. The van der Waals surface area contributed by atoms with E-state index in [0.29, 0.717) is 6.07 Å². The van der Waals surface area contributed by atoms with Crippen LogP contribution in [0.1, 0.15) is 0 Å². The molecule has 14 heteroatoms. The standard InChI is InChI=1S/C16H14F4N4O5S/c1-28-14-10(6-9(18)13(22-14)29-16(19)20)23-30(26,27)11-7-21-12-8(11)2-4-24(5-3-17)15(12)25/h2,4,6-7,16,21,23H,3,5H2,1H3. The number of rotatable bonds is 8. The quantitative estimate of drug-likeness (QED) is 0.509. The summed E-state index contributed by atoms with van der Waals surface area (Å²) < 4.78 is 88.5. The van der Waals surface area contributed by atoms with E-state index in [9.17, 15) is 30.8 Å². The number of methoxy groups -OCH3 is 1. The molecule has 2 N–H and O–H groups in total. The largest absolute Gasteiger partial charge is 0.479 e. The Morgan fingerprint density at radius 1 is 1.33 bits per heavy atom. The molecule has 3 heterocycles. The predicted molar refractivity (Wildman–Crippen MR) is 96.7 cm³/mol. The molecular formula is C16H14F4N4O5S. The monoisotopic (exact) mass is 450 g/mol. The molecule has 3 aromatic rings. The molecule has 0 atom stereocenters. The summed E-state index contributed by atoms with van der Waals surface area (Å²) in [6.07, 6.45) is 2.26. The van der Waals surface area contributed by atoms with E-state index in [1.165, 1.54) is 12.3 Å². The third kappa shape index (κ3) is 4.03. The van der Waals surface area contributed by atoms with E-state index in [-0.39, 0.29) is 22.3 Å². The molecule has 162 valence electrons. The minimum atomic E-state index is -4.40. The average Bonchev–Trinajstić information content (AvgIpc) is 3.11. The maximum absolute atomic E-state index is 14.0. The fourth-order valence-corrected chi connectivity index (χ4v) is 3.90. The number of aryl methyl sites for hydroxylation is 1. The van der Waals surface area contributed by atoms with Crippen LogP contribution in [0.25, 0.3) is 10.9 Å². The molecule has 0 fully saturated rings. The molecule has 0 amide bonds. The van der Waals surface area contributed by atoms with Gasteiger partial charge in [0.1, 0.15) is 22.8 Å². The number of hydrogen-bond donors (Lipinski definition) is 2. The molecule has 0 aromatic carbocycles. The number of nitrogens with one attached hydrogen (secondary N) is 2. The molecule has 0 aliphatic heterocycles. The van der Waals surface area contributed by atoms with Crippen LogP contribution in [0.5, 0.6) is 11.8 Å². The van der Waals surface area contributed by atoms with E-state index in [1.54, 1.807) is 0 Å². The fraction of sp³-hybridized carbons (Fsp3) is 0.250. The third-order valence-corrected chi connectivity index (χ3v) is 5.35. The van der Waals surface area contributed by atoms with Gasteiger partial charge >= 0.3 is 6.61 Å². The second kappa shape index (κ2) is 8.22. The maximum atomic E-state index is 14.0. The summed E-state index contributed by atoms with van der Waals surface area (Å²) in [4.78, 5) is 17.8. The van der Waals surface area contributed by atoms with Gasteiger partial charge in [0.2, 0.25) is 5.88 Å². The van der Waals surface area contributed by atoms with Gasteiger partial charge in [0, 0.05) is 23.8 Å². The lowest BCUT2D eigenvalue weighted by molar-refractivity contribution is -0.0555. The van der Waals surface area contributed by atoms with Gasteiger partial charge < -0.3 is 19.0 Å². The van der Waals surface area contributed by atoms with E-state index < -0.39 is 52.1 Å². The van der Waals surface area contributed by atoms with E-state index >= 15 is 0 Å². The Morgan fingerprint density at radius 2 is 2.07 bits per heavy atom. The zero-order valence-electron chi connectivity index (χ0n) is 15.2. The van der Waals surface area contributed by atoms with E-state index in [0.717, 1.165) is 17.9 Å². The molecule has 0 aliphatic carbocycles. The van der Waals surface area contributed by atoms with Crippen molar-refractivity contribution in [1.29, 1.82) is 0 Å². The number of alkyl halides is 3. The molecule has 0 saturated heterocycles. The molecule has 3 aromatic heterocycles. The third-order valence-electron chi connectivity index (χ3n) is 3.94. The second-order valence-corrected chi connectivity index (χ2v) is 7.41. The van der Waals surface area contributed by atoms with Crippen molar-refractivity contribution >= 4 is 26.6 Å². The fourth-order valence-electron chi connectivity index (χ4n) is 2.68. The topological polar surface area (TPSA) is 115 Å². The van der Waals surface area contributed by atoms with Crippen LogP contribution < -0.4 is 19.8 Å². The predicted octanol–water partition coefficient (Wildman–Crippen LogP) is 2.24. The molecule has 3 rings (SSSR count). The van der Waals surface area contributed by atoms with Gasteiger partial charge in [0.15, 0.2) is 5.82 Å². The second-order valence-electron chi connectivity index (χ2n) is 5.76. The SMILES string of the molecule is COc1nc(OC(F)F)c(F)cc1NS(=O)(=O)c1c[nH]c2c(=O)n(CCF)ccc12. The van der Waals surface area contributed by atoms with Crippen LogP contribution in [0.2, 0.25) is 0 Å². The Kier molecular flexibility index (Phi) is 5.87. The van der Waals surface area contributed by atoms with Crippen LogP contribution >= 0.6 is 0 Å². The van der Waals surface area contributed by atoms with Crippen molar-refractivity contribution in [3.05, 3.63) is 40.7 Å². The number of pyridine rings is 2. The molecule has 0 radical (unpaired) electrons. The highest BCUT2D eigenvalue weighted by Gasteiger charge is 2.25. The highest BCUT2D eigenvalue weighted by Crippen LogP contribution is 2.31. The summed E-state index contributed by atoms with van der Waals surface area (Å²) in [5.41, 5.74) is -1.20. The summed E-state index contributed by atoms with van der Waals surface area (Å²) in [6, 6.07) is 1.86. The molecule has 0 spiro atoms. The summed E-state index contributed by atoms with van der Waals surface area (Å²) >= 11 is 0. The minimum absolute atomic E-state index is 0.00709. The van der Waals surface area contributed by atoms with Crippen LogP contribution in [0.15, 0.2) is 34.2 Å². The smallest absolute Gasteiger partial charge is 0.388 e. The molecule has 30 heavy (non-hydrogen) atoms. The molecular weight excluding hydrogens is 436 g/mol. The average molecular weight is 450 g/mol. The molecule has 0 unspecified atom stereocenters. The van der Waals surface area contributed by atoms with Crippen LogP contribution in [0, 0.1) is 5.82 Å². The number of hydrogen-bond acceptors (Lipinski definition) is 6. The van der Waals surface area contributed by atoms with Gasteiger partial charge in [-0.1, -0.05) is 0 Å². The van der Waals surface area contributed by atoms with Crippen molar-refractivity contribution < 1.29 is 35.5 Å². The van der Waals surface area contributed by atoms with Crippen LogP contribution in [0.4, 0.5) is 23.2 Å². The number of halogens is 4. The van der Waals surface area contributed by atoms with Crippen LogP contribution in [-0.4, -0.2) is 43.3 Å². The van der Waals surface area contributed by atoms with Crippen molar-refractivity contribution in [3.8, 4) is 11.8 Å². The van der Waals surface area contributed by atoms with Gasteiger partial charge in [-0.2, -0.15) is 13.8 Å². The van der Waals surface area contributed by atoms with Crippen LogP contribution in [0.3, 0.4) is 0 Å². The van der Waals surface area contributed by atoms with Gasteiger partial charge in [-0.15, -0.1) is 0 Å². The lowest BCUT2D eigenvalue weighted by Gasteiger charge is -2.13.